The number of hydrogen-bond donors (Lipinski definition) is 3. The molecule has 1 fully saturated rings. The zero-order chi connectivity index (χ0) is 11.6. The highest BCUT2D eigenvalue weighted by Gasteiger charge is 2.31. The van der Waals surface area contributed by atoms with Gasteiger partial charge in [-0.25, -0.2) is 0 Å². The molecule has 5 heteroatoms. The molecule has 1 aliphatic rings. The first-order valence-corrected chi connectivity index (χ1v) is 6.26. The maximum atomic E-state index is 10.1. The van der Waals surface area contributed by atoms with Crippen LogP contribution in [0.3, 0.4) is 0 Å². The van der Waals surface area contributed by atoms with Crippen molar-refractivity contribution in [1.29, 1.82) is 0 Å². The van der Waals surface area contributed by atoms with Gasteiger partial charge in [-0.3, -0.25) is 0 Å². The van der Waals surface area contributed by atoms with Gasteiger partial charge in [-0.05, 0) is 40.8 Å². The molecule has 1 aromatic rings. The molecule has 0 aromatic heterocycles. The molecule has 16 heavy (non-hydrogen) atoms. The molecule has 0 spiro atoms. The maximum absolute atomic E-state index is 10.1. The van der Waals surface area contributed by atoms with E-state index in [1.807, 2.05) is 18.2 Å². The van der Waals surface area contributed by atoms with E-state index in [1.165, 1.54) is 0 Å². The van der Waals surface area contributed by atoms with Crippen LogP contribution >= 0.6 is 22.6 Å². The van der Waals surface area contributed by atoms with Gasteiger partial charge in [0.1, 0.15) is 5.60 Å². The summed E-state index contributed by atoms with van der Waals surface area (Å²) in [6, 6.07) is 5.81. The molecule has 0 radical (unpaired) electrons. The van der Waals surface area contributed by atoms with E-state index in [1.54, 1.807) is 0 Å². The normalized spacial score (nSPS) is 24.6. The van der Waals surface area contributed by atoms with Crippen molar-refractivity contribution in [3.05, 3.63) is 21.8 Å². The van der Waals surface area contributed by atoms with Crippen molar-refractivity contribution < 1.29 is 9.84 Å². The van der Waals surface area contributed by atoms with E-state index in [0.29, 0.717) is 31.9 Å². The van der Waals surface area contributed by atoms with Crippen molar-refractivity contribution in [2.24, 2.45) is 0 Å². The zero-order valence-electron chi connectivity index (χ0n) is 8.87. The van der Waals surface area contributed by atoms with Gasteiger partial charge in [0.05, 0.1) is 18.0 Å². The second kappa shape index (κ2) is 4.77. The Hall–Kier alpha value is -0.530. The Morgan fingerprint density at radius 3 is 3.00 bits per heavy atom. The molecule has 0 saturated carbocycles. The van der Waals surface area contributed by atoms with Crippen molar-refractivity contribution in [3.63, 3.8) is 0 Å². The van der Waals surface area contributed by atoms with Crippen LogP contribution in [0.15, 0.2) is 18.2 Å². The molecule has 4 nitrogen and oxygen atoms in total. The number of anilines is 2. The summed E-state index contributed by atoms with van der Waals surface area (Å²) < 4.78 is 6.28. The lowest BCUT2D eigenvalue weighted by atomic mass is 10.0. The van der Waals surface area contributed by atoms with Crippen LogP contribution in [0.2, 0.25) is 0 Å². The Kier molecular flexibility index (Phi) is 3.56. The number of benzene rings is 1. The van der Waals surface area contributed by atoms with Crippen LogP contribution < -0.4 is 11.1 Å². The summed E-state index contributed by atoms with van der Waals surface area (Å²) in [6.45, 7) is 1.49. The van der Waals surface area contributed by atoms with Crippen LogP contribution in [0.5, 0.6) is 0 Å². The fourth-order valence-electron chi connectivity index (χ4n) is 1.69. The van der Waals surface area contributed by atoms with Crippen LogP contribution in [-0.2, 0) is 4.74 Å². The number of nitrogens with one attached hydrogen (secondary N) is 1. The molecule has 1 atom stereocenters. The molecule has 0 aliphatic carbocycles. The predicted octanol–water partition coefficient (Wildman–Crippen LogP) is 1.44. The summed E-state index contributed by atoms with van der Waals surface area (Å²) in [5, 5.41) is 13.2. The van der Waals surface area contributed by atoms with Crippen LogP contribution in [0.4, 0.5) is 11.4 Å². The molecule has 1 unspecified atom stereocenters. The summed E-state index contributed by atoms with van der Waals surface area (Å²) in [4.78, 5) is 0. The van der Waals surface area contributed by atoms with Gasteiger partial charge in [-0.15, -0.1) is 0 Å². The number of hydrogen-bond acceptors (Lipinski definition) is 4. The van der Waals surface area contributed by atoms with E-state index < -0.39 is 5.60 Å². The quantitative estimate of drug-likeness (QED) is 0.578. The van der Waals surface area contributed by atoms with Crippen LogP contribution in [0, 0.1) is 3.57 Å². The van der Waals surface area contributed by atoms with E-state index in [-0.39, 0.29) is 0 Å². The van der Waals surface area contributed by atoms with Gasteiger partial charge in [0.25, 0.3) is 0 Å². The largest absolute Gasteiger partial charge is 0.397 e. The summed E-state index contributed by atoms with van der Waals surface area (Å²) in [7, 11) is 0. The monoisotopic (exact) mass is 334 g/mol. The zero-order valence-corrected chi connectivity index (χ0v) is 11.0. The summed E-state index contributed by atoms with van der Waals surface area (Å²) >= 11 is 2.21. The first kappa shape index (κ1) is 11.9. The lowest BCUT2D eigenvalue weighted by Gasteiger charge is -2.22. The minimum absolute atomic E-state index is 0.393. The molecular formula is C11H15IN2O2. The second-order valence-corrected chi connectivity index (χ2v) is 5.36. The maximum Gasteiger partial charge on any atom is 0.107 e. The van der Waals surface area contributed by atoms with Crippen molar-refractivity contribution in [2.45, 2.75) is 12.0 Å². The van der Waals surface area contributed by atoms with Gasteiger partial charge in [-0.2, -0.15) is 0 Å². The molecule has 1 aromatic carbocycles. The highest BCUT2D eigenvalue weighted by Crippen LogP contribution is 2.23. The van der Waals surface area contributed by atoms with E-state index in [2.05, 4.69) is 27.9 Å². The highest BCUT2D eigenvalue weighted by molar-refractivity contribution is 14.1. The van der Waals surface area contributed by atoms with Crippen molar-refractivity contribution in [2.75, 3.05) is 30.8 Å². The van der Waals surface area contributed by atoms with Gasteiger partial charge >= 0.3 is 0 Å². The van der Waals surface area contributed by atoms with Crippen LogP contribution in [-0.4, -0.2) is 30.5 Å². The van der Waals surface area contributed by atoms with Crippen molar-refractivity contribution in [1.82, 2.24) is 0 Å². The van der Waals surface area contributed by atoms with Gasteiger partial charge in [0, 0.05) is 23.1 Å². The lowest BCUT2D eigenvalue weighted by molar-refractivity contribution is 0.0382. The number of ether oxygens (including phenoxy) is 1. The Morgan fingerprint density at radius 1 is 1.56 bits per heavy atom. The second-order valence-electron chi connectivity index (χ2n) is 4.11. The summed E-state index contributed by atoms with van der Waals surface area (Å²) in [5.74, 6) is 0. The topological polar surface area (TPSA) is 67.5 Å². The van der Waals surface area contributed by atoms with E-state index in [9.17, 15) is 5.11 Å². The molecule has 88 valence electrons. The SMILES string of the molecule is Nc1cc(I)ccc1NCC1(O)CCOC1. The predicted molar refractivity (Wildman–Crippen MR) is 72.4 cm³/mol. The average Bonchev–Trinajstić information content (AvgIpc) is 2.64. The molecule has 1 heterocycles. The third kappa shape index (κ3) is 2.78. The van der Waals surface area contributed by atoms with E-state index in [4.69, 9.17) is 10.5 Å². The Labute approximate surface area is 108 Å². The van der Waals surface area contributed by atoms with Crippen LogP contribution in [0.25, 0.3) is 0 Å². The minimum atomic E-state index is -0.755. The fourth-order valence-corrected chi connectivity index (χ4v) is 2.21. The third-order valence-electron chi connectivity index (χ3n) is 2.70. The first-order chi connectivity index (χ1) is 7.59. The highest BCUT2D eigenvalue weighted by atomic mass is 127. The molecule has 0 bridgehead atoms. The molecule has 2 rings (SSSR count). The first-order valence-electron chi connectivity index (χ1n) is 5.18. The van der Waals surface area contributed by atoms with Gasteiger partial charge in [-0.1, -0.05) is 0 Å². The van der Waals surface area contributed by atoms with Crippen LogP contribution in [0.1, 0.15) is 6.42 Å². The van der Waals surface area contributed by atoms with E-state index in [0.717, 1.165) is 9.26 Å². The Morgan fingerprint density at radius 2 is 2.38 bits per heavy atom. The summed E-state index contributed by atoms with van der Waals surface area (Å²) in [5.41, 5.74) is 6.68. The van der Waals surface area contributed by atoms with Crippen molar-refractivity contribution >= 4 is 34.0 Å². The van der Waals surface area contributed by atoms with Gasteiger partial charge < -0.3 is 20.9 Å². The molecular weight excluding hydrogens is 319 g/mol. The summed E-state index contributed by atoms with van der Waals surface area (Å²) in [6.07, 6.45) is 0.671. The average molecular weight is 334 g/mol. The Balaban J connectivity index is 1.99. The number of rotatable bonds is 3. The third-order valence-corrected chi connectivity index (χ3v) is 3.37. The lowest BCUT2D eigenvalue weighted by Crippen LogP contribution is -2.37. The Bertz CT molecular complexity index is 378. The van der Waals surface area contributed by atoms with Crippen molar-refractivity contribution in [3.8, 4) is 0 Å². The minimum Gasteiger partial charge on any atom is -0.397 e. The fraction of sp³-hybridized carbons (Fsp3) is 0.455. The number of halogens is 1. The molecule has 4 N–H and O–H groups in total. The standard InChI is InChI=1S/C11H15IN2O2/c12-8-1-2-10(9(13)5-8)14-6-11(15)3-4-16-7-11/h1-2,5,14-15H,3-4,6-7,13H2. The molecule has 0 amide bonds. The number of nitrogens with two attached hydrogens (primary N) is 1. The van der Waals surface area contributed by atoms with E-state index >= 15 is 0 Å². The number of nitrogen functional groups attached to an aromatic ring is 1. The number of aliphatic hydroxyl groups is 1. The van der Waals surface area contributed by atoms with Gasteiger partial charge in [0.15, 0.2) is 0 Å². The van der Waals surface area contributed by atoms with Gasteiger partial charge in [0.2, 0.25) is 0 Å². The molecule has 1 aliphatic heterocycles. The molecule has 1 saturated heterocycles. The smallest absolute Gasteiger partial charge is 0.107 e.